The van der Waals surface area contributed by atoms with Crippen molar-refractivity contribution in [2.45, 2.75) is 19.4 Å². The molecule has 0 aromatic heterocycles. The van der Waals surface area contributed by atoms with Gasteiger partial charge in [0.2, 0.25) is 27.3 Å². The van der Waals surface area contributed by atoms with Gasteiger partial charge < -0.3 is 9.84 Å². The van der Waals surface area contributed by atoms with Crippen LogP contribution in [0.15, 0.2) is 29.8 Å². The van der Waals surface area contributed by atoms with Crippen LogP contribution in [0.25, 0.3) is 0 Å². The molecule has 1 aliphatic rings. The number of nitrogens with one attached hydrogen (secondary N) is 1. The van der Waals surface area contributed by atoms with E-state index in [9.17, 15) is 27.1 Å². The van der Waals surface area contributed by atoms with E-state index in [1.807, 2.05) is 4.72 Å². The molecule has 1 aromatic carbocycles. The Morgan fingerprint density at radius 3 is 2.59 bits per heavy atom. The van der Waals surface area contributed by atoms with Gasteiger partial charge in [-0.1, -0.05) is 12.1 Å². The van der Waals surface area contributed by atoms with Gasteiger partial charge in [0.15, 0.2) is 11.6 Å². The third kappa shape index (κ3) is 2.52. The first-order valence-corrected chi connectivity index (χ1v) is 7.89. The first-order chi connectivity index (χ1) is 10.1. The van der Waals surface area contributed by atoms with Crippen molar-refractivity contribution in [1.82, 2.24) is 4.72 Å². The van der Waals surface area contributed by atoms with Gasteiger partial charge in [-0.2, -0.15) is 0 Å². The molecule has 0 bridgehead atoms. The molecule has 0 saturated carbocycles. The van der Waals surface area contributed by atoms with Crippen molar-refractivity contribution in [2.75, 3.05) is 5.75 Å². The summed E-state index contributed by atoms with van der Waals surface area (Å²) < 4.78 is 57.2. The smallest absolute Gasteiger partial charge is 0.250 e. The van der Waals surface area contributed by atoms with Crippen LogP contribution in [0.1, 0.15) is 19.4 Å². The zero-order valence-electron chi connectivity index (χ0n) is 11.7. The molecule has 0 saturated heterocycles. The fraction of sp³-hybridized carbons (Fsp3) is 0.308. The summed E-state index contributed by atoms with van der Waals surface area (Å²) >= 11 is 0. The summed E-state index contributed by atoms with van der Waals surface area (Å²) in [5.74, 6) is -5.62. The first-order valence-electron chi connectivity index (χ1n) is 6.24. The van der Waals surface area contributed by atoms with Gasteiger partial charge >= 0.3 is 0 Å². The second-order valence-corrected chi connectivity index (χ2v) is 6.76. The summed E-state index contributed by atoms with van der Waals surface area (Å²) in [6.07, 6.45) is 0. The number of halogens is 2. The maximum absolute atomic E-state index is 13.9. The molecule has 0 aliphatic carbocycles. The number of hydrogen-bond acceptors (Lipinski definition) is 5. The molecule has 9 heteroatoms. The highest BCUT2D eigenvalue weighted by Gasteiger charge is 2.50. The average Bonchev–Trinajstić information content (AvgIpc) is 2.66. The number of carbonyl (C=O) groups excluding carboxylic acids is 1. The van der Waals surface area contributed by atoms with E-state index in [2.05, 4.69) is 0 Å². The minimum atomic E-state index is -3.82. The van der Waals surface area contributed by atoms with Crippen LogP contribution in [-0.2, 0) is 25.2 Å². The molecule has 2 N–H and O–H groups in total. The molecule has 0 spiro atoms. The number of ether oxygens (including phenoxy) is 1. The molecule has 0 fully saturated rings. The number of ketones is 1. The van der Waals surface area contributed by atoms with E-state index in [0.717, 1.165) is 19.1 Å². The molecule has 6 nitrogen and oxygen atoms in total. The molecule has 22 heavy (non-hydrogen) atoms. The summed E-state index contributed by atoms with van der Waals surface area (Å²) in [4.78, 5) is 12.1. The summed E-state index contributed by atoms with van der Waals surface area (Å²) in [6, 6.07) is 3.14. The second-order valence-electron chi connectivity index (χ2n) is 4.75. The minimum Gasteiger partial charge on any atom is -0.501 e. The van der Waals surface area contributed by atoms with Gasteiger partial charge in [0.1, 0.15) is 0 Å². The topological polar surface area (TPSA) is 92.7 Å². The fourth-order valence-electron chi connectivity index (χ4n) is 1.96. The van der Waals surface area contributed by atoms with Crippen LogP contribution in [0.5, 0.6) is 0 Å². The van der Waals surface area contributed by atoms with E-state index in [4.69, 9.17) is 4.74 Å². The van der Waals surface area contributed by atoms with Gasteiger partial charge in [0.25, 0.3) is 5.78 Å². The number of benzene rings is 1. The third-order valence-electron chi connectivity index (χ3n) is 3.26. The first kappa shape index (κ1) is 16.2. The van der Waals surface area contributed by atoms with Gasteiger partial charge in [-0.05, 0) is 19.9 Å². The molecule has 1 heterocycles. The summed E-state index contributed by atoms with van der Waals surface area (Å²) in [5.41, 5.74) is -2.52. The van der Waals surface area contributed by atoms with E-state index in [1.54, 1.807) is 0 Å². The van der Waals surface area contributed by atoms with Gasteiger partial charge in [-0.15, -0.1) is 0 Å². The predicted octanol–water partition coefficient (Wildman–Crippen LogP) is 1.45. The van der Waals surface area contributed by atoms with Crippen molar-refractivity contribution in [3.63, 3.8) is 0 Å². The molecule has 1 aliphatic heterocycles. The van der Waals surface area contributed by atoms with Gasteiger partial charge in [-0.3, -0.25) is 9.52 Å². The Bertz CT molecular complexity index is 775. The lowest BCUT2D eigenvalue weighted by Crippen LogP contribution is -2.33. The Kier molecular flexibility index (Phi) is 3.86. The zero-order chi connectivity index (χ0) is 16.7. The Hall–Kier alpha value is -2.16. The Morgan fingerprint density at radius 2 is 2.00 bits per heavy atom. The van der Waals surface area contributed by atoms with Crippen LogP contribution in [0, 0.1) is 11.6 Å². The van der Waals surface area contributed by atoms with Crippen molar-refractivity contribution in [3.05, 3.63) is 47.0 Å². The van der Waals surface area contributed by atoms with Crippen LogP contribution in [-0.4, -0.2) is 25.1 Å². The summed E-state index contributed by atoms with van der Waals surface area (Å²) in [6.45, 7) is 2.44. The van der Waals surface area contributed by atoms with Crippen molar-refractivity contribution < 1.29 is 31.8 Å². The predicted molar refractivity (Wildman–Crippen MR) is 72.1 cm³/mol. The average molecular weight is 333 g/mol. The number of aliphatic hydroxyl groups is 1. The number of aliphatic hydroxyl groups excluding tert-OH is 1. The molecular weight excluding hydrogens is 320 g/mol. The monoisotopic (exact) mass is 333 g/mol. The molecule has 0 radical (unpaired) electrons. The number of rotatable bonds is 4. The number of carbonyl (C=O) groups is 1. The molecule has 120 valence electrons. The highest BCUT2D eigenvalue weighted by atomic mass is 32.2. The van der Waals surface area contributed by atoms with E-state index in [-0.39, 0.29) is 5.75 Å². The van der Waals surface area contributed by atoms with Crippen molar-refractivity contribution in [3.8, 4) is 0 Å². The van der Waals surface area contributed by atoms with Gasteiger partial charge in [0.05, 0.1) is 5.75 Å². The number of hydrogen-bond donors (Lipinski definition) is 2. The second kappa shape index (κ2) is 5.24. The van der Waals surface area contributed by atoms with E-state index >= 15 is 0 Å². The Balaban J connectivity index is 2.45. The zero-order valence-corrected chi connectivity index (χ0v) is 12.5. The van der Waals surface area contributed by atoms with Gasteiger partial charge in [-0.25, -0.2) is 17.2 Å². The highest BCUT2D eigenvalue weighted by Crippen LogP contribution is 2.38. The number of Topliss-reactive ketones (excluding diaryl/α,β-unsaturated/α-hetero) is 1. The normalized spacial score (nSPS) is 21.9. The quantitative estimate of drug-likeness (QED) is 0.870. The van der Waals surface area contributed by atoms with Gasteiger partial charge in [0, 0.05) is 5.56 Å². The lowest BCUT2D eigenvalue weighted by Gasteiger charge is -2.24. The molecular formula is C13H13F2NO5S. The number of sulfonamides is 1. The van der Waals surface area contributed by atoms with Crippen LogP contribution < -0.4 is 4.72 Å². The fourth-order valence-corrected chi connectivity index (χ4v) is 2.53. The summed E-state index contributed by atoms with van der Waals surface area (Å²) in [5, 5.41) is 9.74. The largest absolute Gasteiger partial charge is 0.501 e. The van der Waals surface area contributed by atoms with Crippen molar-refractivity contribution in [1.29, 1.82) is 0 Å². The van der Waals surface area contributed by atoms with Crippen molar-refractivity contribution in [2.24, 2.45) is 0 Å². The Labute approximate surface area is 125 Å². The molecule has 2 rings (SSSR count). The Morgan fingerprint density at radius 1 is 1.36 bits per heavy atom. The third-order valence-corrected chi connectivity index (χ3v) is 4.52. The van der Waals surface area contributed by atoms with Crippen molar-refractivity contribution >= 4 is 15.8 Å². The van der Waals surface area contributed by atoms with Crippen LogP contribution in [0.3, 0.4) is 0 Å². The summed E-state index contributed by atoms with van der Waals surface area (Å²) in [7, 11) is -3.82. The van der Waals surface area contributed by atoms with Crippen LogP contribution in [0.4, 0.5) is 8.78 Å². The maximum atomic E-state index is 13.9. The molecule has 0 amide bonds. The van der Waals surface area contributed by atoms with E-state index in [0.29, 0.717) is 0 Å². The lowest BCUT2D eigenvalue weighted by atomic mass is 9.91. The lowest BCUT2D eigenvalue weighted by molar-refractivity contribution is -0.132. The highest BCUT2D eigenvalue weighted by molar-refractivity contribution is 7.89. The van der Waals surface area contributed by atoms with Crippen LogP contribution >= 0.6 is 0 Å². The minimum absolute atomic E-state index is 0.327. The van der Waals surface area contributed by atoms with E-state index < -0.39 is 50.2 Å². The molecule has 1 atom stereocenters. The molecule has 1 aromatic rings. The SMILES string of the molecule is CCS(=O)(=O)NC1=C(O)C(=O)C(C)(c2cccc(F)c2F)O1. The van der Waals surface area contributed by atoms with Crippen LogP contribution in [0.2, 0.25) is 0 Å². The van der Waals surface area contributed by atoms with E-state index in [1.165, 1.54) is 13.0 Å². The standard InChI is InChI=1S/C13H13F2NO5S/c1-3-22(19,20)16-12-10(17)11(18)13(2,21-12)7-5-4-6-8(14)9(7)15/h4-6,16-17H,3H2,1-2H3. The maximum Gasteiger partial charge on any atom is 0.250 e. The molecule has 1 unspecified atom stereocenters.